The van der Waals surface area contributed by atoms with Gasteiger partial charge in [-0.05, 0) is 35.4 Å². The molecule has 124 valence electrons. The molecule has 0 amide bonds. The highest BCUT2D eigenvalue weighted by Crippen LogP contribution is 2.29. The maximum atomic E-state index is 10.4. The number of phenols is 1. The first-order valence-electron chi connectivity index (χ1n) is 7.49. The van der Waals surface area contributed by atoms with Gasteiger partial charge in [0.1, 0.15) is 5.75 Å². The molecule has 0 aliphatic heterocycles. The van der Waals surface area contributed by atoms with Gasteiger partial charge in [0.2, 0.25) is 0 Å². The predicted octanol–water partition coefficient (Wildman–Crippen LogP) is 2.71. The lowest BCUT2D eigenvalue weighted by atomic mass is 9.93. The number of aromatic hydroxyl groups is 1. The second-order valence-electron chi connectivity index (χ2n) is 5.58. The van der Waals surface area contributed by atoms with Crippen LogP contribution >= 0.6 is 11.8 Å². The molecule has 0 aliphatic carbocycles. The minimum Gasteiger partial charge on any atom is -0.508 e. The largest absolute Gasteiger partial charge is 0.508 e. The number of rotatable bonds is 7. The zero-order valence-corrected chi connectivity index (χ0v) is 13.8. The van der Waals surface area contributed by atoms with E-state index in [1.165, 1.54) is 11.8 Å². The number of hydrogen-bond acceptors (Lipinski definition) is 5. The van der Waals surface area contributed by atoms with Gasteiger partial charge in [-0.25, -0.2) is 0 Å². The molecule has 0 radical (unpaired) electrons. The highest BCUT2D eigenvalue weighted by molar-refractivity contribution is 7.99. The minimum absolute atomic E-state index is 0.0299. The summed E-state index contributed by atoms with van der Waals surface area (Å²) in [6.07, 6.45) is -1.43. The number of aliphatic hydroxyl groups excluding tert-OH is 3. The van der Waals surface area contributed by atoms with Crippen LogP contribution in [0, 0.1) is 5.92 Å². The first-order chi connectivity index (χ1) is 11.0. The Labute approximate surface area is 140 Å². The highest BCUT2D eigenvalue weighted by atomic mass is 32.2. The van der Waals surface area contributed by atoms with Gasteiger partial charge in [-0.1, -0.05) is 31.2 Å². The third kappa shape index (κ3) is 4.97. The van der Waals surface area contributed by atoms with E-state index in [2.05, 4.69) is 0 Å². The standard InChI is InChI=1S/C18H22O4S/c1-12(18(22)14-4-2-13(10-19)3-5-14)17(21)11-23-16-8-6-15(20)7-9-16/h2-9,12,17-22H,10-11H2,1H3. The molecule has 2 rings (SSSR count). The van der Waals surface area contributed by atoms with Gasteiger partial charge < -0.3 is 20.4 Å². The third-order valence-electron chi connectivity index (χ3n) is 3.87. The van der Waals surface area contributed by atoms with E-state index < -0.39 is 12.2 Å². The SMILES string of the molecule is CC(C(O)CSc1ccc(O)cc1)C(O)c1ccc(CO)cc1. The van der Waals surface area contributed by atoms with E-state index in [1.54, 1.807) is 48.5 Å². The van der Waals surface area contributed by atoms with Crippen molar-refractivity contribution < 1.29 is 20.4 Å². The van der Waals surface area contributed by atoms with Crippen molar-refractivity contribution in [3.8, 4) is 5.75 Å². The van der Waals surface area contributed by atoms with Crippen LogP contribution in [0.15, 0.2) is 53.4 Å². The van der Waals surface area contributed by atoms with Crippen LogP contribution in [0.25, 0.3) is 0 Å². The van der Waals surface area contributed by atoms with Gasteiger partial charge >= 0.3 is 0 Å². The Kier molecular flexibility index (Phi) is 6.47. The fourth-order valence-corrected chi connectivity index (χ4v) is 3.21. The molecule has 0 aromatic heterocycles. The van der Waals surface area contributed by atoms with Crippen molar-refractivity contribution in [1.82, 2.24) is 0 Å². The van der Waals surface area contributed by atoms with E-state index in [4.69, 9.17) is 5.11 Å². The van der Waals surface area contributed by atoms with Gasteiger partial charge in [0.05, 0.1) is 18.8 Å². The average Bonchev–Trinajstić information content (AvgIpc) is 2.59. The molecule has 0 bridgehead atoms. The van der Waals surface area contributed by atoms with E-state index in [-0.39, 0.29) is 18.3 Å². The molecule has 0 aliphatic rings. The molecule has 0 heterocycles. The van der Waals surface area contributed by atoms with Crippen LogP contribution in [0.2, 0.25) is 0 Å². The van der Waals surface area contributed by atoms with Crippen LogP contribution in [-0.2, 0) is 6.61 Å². The van der Waals surface area contributed by atoms with Crippen molar-refractivity contribution >= 4 is 11.8 Å². The van der Waals surface area contributed by atoms with E-state index in [0.29, 0.717) is 5.75 Å². The summed E-state index contributed by atoms with van der Waals surface area (Å²) >= 11 is 1.48. The van der Waals surface area contributed by atoms with E-state index in [0.717, 1.165) is 16.0 Å². The van der Waals surface area contributed by atoms with Gasteiger partial charge in [0, 0.05) is 16.6 Å². The van der Waals surface area contributed by atoms with Gasteiger partial charge in [0.15, 0.2) is 0 Å². The van der Waals surface area contributed by atoms with Crippen molar-refractivity contribution in [1.29, 1.82) is 0 Å². The molecule has 2 aromatic rings. The van der Waals surface area contributed by atoms with Crippen molar-refractivity contribution in [2.24, 2.45) is 5.92 Å². The average molecular weight is 334 g/mol. The van der Waals surface area contributed by atoms with Gasteiger partial charge in [-0.3, -0.25) is 0 Å². The molecule has 4 N–H and O–H groups in total. The van der Waals surface area contributed by atoms with Crippen molar-refractivity contribution in [2.45, 2.75) is 30.6 Å². The van der Waals surface area contributed by atoms with Crippen LogP contribution in [0.4, 0.5) is 0 Å². The number of benzene rings is 2. The minimum atomic E-state index is -0.766. The number of hydrogen-bond donors (Lipinski definition) is 4. The number of phenolic OH excluding ortho intramolecular Hbond substituents is 1. The fourth-order valence-electron chi connectivity index (χ4n) is 2.21. The second kappa shape index (κ2) is 8.36. The first-order valence-corrected chi connectivity index (χ1v) is 8.47. The van der Waals surface area contributed by atoms with Crippen LogP contribution in [0.5, 0.6) is 5.75 Å². The van der Waals surface area contributed by atoms with E-state index in [9.17, 15) is 15.3 Å². The zero-order chi connectivity index (χ0) is 16.8. The molecular weight excluding hydrogens is 312 g/mol. The smallest absolute Gasteiger partial charge is 0.115 e. The lowest BCUT2D eigenvalue weighted by molar-refractivity contribution is 0.0330. The van der Waals surface area contributed by atoms with E-state index >= 15 is 0 Å². The Bertz CT molecular complexity index is 597. The predicted molar refractivity (Wildman–Crippen MR) is 91.3 cm³/mol. The summed E-state index contributed by atoms with van der Waals surface area (Å²) in [5, 5.41) is 39.0. The lowest BCUT2D eigenvalue weighted by Gasteiger charge is -2.24. The molecule has 0 fully saturated rings. The first kappa shape index (κ1) is 17.8. The van der Waals surface area contributed by atoms with Crippen LogP contribution in [0.3, 0.4) is 0 Å². The molecule has 0 saturated heterocycles. The lowest BCUT2D eigenvalue weighted by Crippen LogP contribution is -2.26. The second-order valence-corrected chi connectivity index (χ2v) is 6.67. The van der Waals surface area contributed by atoms with E-state index in [1.807, 2.05) is 6.92 Å². The Morgan fingerprint density at radius 3 is 2.13 bits per heavy atom. The quantitative estimate of drug-likeness (QED) is 0.586. The fraction of sp³-hybridized carbons (Fsp3) is 0.333. The summed E-state index contributed by atoms with van der Waals surface area (Å²) in [5.41, 5.74) is 1.51. The molecule has 0 saturated carbocycles. The van der Waals surface area contributed by atoms with Crippen molar-refractivity contribution in [3.63, 3.8) is 0 Å². The summed E-state index contributed by atoms with van der Waals surface area (Å²) in [6.45, 7) is 1.78. The van der Waals surface area contributed by atoms with Crippen LogP contribution < -0.4 is 0 Å². The molecule has 3 unspecified atom stereocenters. The summed E-state index contributed by atoms with van der Waals surface area (Å²) in [7, 11) is 0. The molecule has 2 aromatic carbocycles. The summed E-state index contributed by atoms with van der Waals surface area (Å²) in [4.78, 5) is 0.954. The van der Waals surface area contributed by atoms with Crippen molar-refractivity contribution in [2.75, 3.05) is 5.75 Å². The van der Waals surface area contributed by atoms with Gasteiger partial charge in [0.25, 0.3) is 0 Å². The molecule has 23 heavy (non-hydrogen) atoms. The summed E-state index contributed by atoms with van der Waals surface area (Å²) in [5.74, 6) is 0.349. The maximum Gasteiger partial charge on any atom is 0.115 e. The molecule has 3 atom stereocenters. The Morgan fingerprint density at radius 2 is 1.57 bits per heavy atom. The monoisotopic (exact) mass is 334 g/mol. The maximum absolute atomic E-state index is 10.4. The Balaban J connectivity index is 1.92. The number of thioether (sulfide) groups is 1. The zero-order valence-electron chi connectivity index (χ0n) is 13.0. The Hall–Kier alpha value is -1.53. The molecule has 4 nitrogen and oxygen atoms in total. The number of aliphatic hydroxyl groups is 3. The van der Waals surface area contributed by atoms with Crippen LogP contribution in [-0.4, -0.2) is 32.3 Å². The summed E-state index contributed by atoms with van der Waals surface area (Å²) < 4.78 is 0. The third-order valence-corrected chi connectivity index (χ3v) is 4.98. The highest BCUT2D eigenvalue weighted by Gasteiger charge is 2.24. The van der Waals surface area contributed by atoms with Crippen LogP contribution in [0.1, 0.15) is 24.2 Å². The van der Waals surface area contributed by atoms with Gasteiger partial charge in [-0.2, -0.15) is 0 Å². The Morgan fingerprint density at radius 1 is 0.957 bits per heavy atom. The van der Waals surface area contributed by atoms with Crippen molar-refractivity contribution in [3.05, 3.63) is 59.7 Å². The van der Waals surface area contributed by atoms with Gasteiger partial charge in [-0.15, -0.1) is 11.8 Å². The summed E-state index contributed by atoms with van der Waals surface area (Å²) in [6, 6.07) is 13.9. The topological polar surface area (TPSA) is 80.9 Å². The molecular formula is C18H22O4S. The molecule has 5 heteroatoms. The normalized spacial score (nSPS) is 15.1. The molecule has 0 spiro atoms.